The zero-order valence-corrected chi connectivity index (χ0v) is 13.9. The number of amides is 1. The van der Waals surface area contributed by atoms with Gasteiger partial charge in [0.25, 0.3) is 0 Å². The molecule has 8 nitrogen and oxygen atoms in total. The van der Waals surface area contributed by atoms with Gasteiger partial charge in [-0.1, -0.05) is 0 Å². The first-order chi connectivity index (χ1) is 10.6. The summed E-state index contributed by atoms with van der Waals surface area (Å²) >= 11 is 0. The third-order valence-corrected chi connectivity index (χ3v) is 3.57. The summed E-state index contributed by atoms with van der Waals surface area (Å²) in [5, 5.41) is 20.7. The molecule has 0 aromatic heterocycles. The number of rotatable bonds is 7. The number of aliphatic carboxylic acids is 1. The summed E-state index contributed by atoms with van der Waals surface area (Å²) in [4.78, 5) is 35.2. The molecule has 3 N–H and O–H groups in total. The van der Waals surface area contributed by atoms with Gasteiger partial charge in [0.05, 0.1) is 12.5 Å². The lowest BCUT2D eigenvalue weighted by molar-refractivity contribution is -0.145. The Bertz CT molecular complexity index is 457. The molecule has 4 atom stereocenters. The molecule has 4 unspecified atom stereocenters. The third kappa shape index (κ3) is 5.38. The molecule has 1 fully saturated rings. The standard InChI is InChI=1S/C15H25NO7/c1-5-22-13(20)10-8(6-7-17)9(10)11(12(18)19)16-14(21)23-15(2,3)4/h8-11,17H,5-7H2,1-4H3,(H,16,21)(H,18,19). The summed E-state index contributed by atoms with van der Waals surface area (Å²) < 4.78 is 9.99. The Kier molecular flexibility index (Phi) is 6.37. The third-order valence-electron chi connectivity index (χ3n) is 3.57. The largest absolute Gasteiger partial charge is 0.480 e. The Morgan fingerprint density at radius 3 is 2.30 bits per heavy atom. The van der Waals surface area contributed by atoms with E-state index in [1.54, 1.807) is 27.7 Å². The summed E-state index contributed by atoms with van der Waals surface area (Å²) in [5.74, 6) is -3.36. The number of carboxylic acid groups (broad SMARTS) is 1. The Morgan fingerprint density at radius 1 is 1.26 bits per heavy atom. The van der Waals surface area contributed by atoms with Crippen LogP contribution in [0, 0.1) is 17.8 Å². The van der Waals surface area contributed by atoms with Crippen molar-refractivity contribution in [1.82, 2.24) is 5.32 Å². The van der Waals surface area contributed by atoms with Crippen LogP contribution in [0.15, 0.2) is 0 Å². The van der Waals surface area contributed by atoms with Gasteiger partial charge in [0.2, 0.25) is 0 Å². The van der Waals surface area contributed by atoms with E-state index in [9.17, 15) is 19.5 Å². The van der Waals surface area contributed by atoms with E-state index in [1.807, 2.05) is 0 Å². The molecule has 0 aromatic rings. The average molecular weight is 331 g/mol. The molecule has 0 heterocycles. The Morgan fingerprint density at radius 2 is 1.87 bits per heavy atom. The second-order valence-corrected chi connectivity index (χ2v) is 6.49. The van der Waals surface area contributed by atoms with Gasteiger partial charge in [-0.15, -0.1) is 0 Å². The maximum absolute atomic E-state index is 11.9. The van der Waals surface area contributed by atoms with Crippen LogP contribution in [-0.2, 0) is 19.1 Å². The molecule has 1 saturated carbocycles. The van der Waals surface area contributed by atoms with E-state index in [0.717, 1.165) is 0 Å². The van der Waals surface area contributed by atoms with E-state index in [-0.39, 0.29) is 25.6 Å². The van der Waals surface area contributed by atoms with Crippen LogP contribution < -0.4 is 5.32 Å². The quantitative estimate of drug-likeness (QED) is 0.589. The van der Waals surface area contributed by atoms with Crippen molar-refractivity contribution in [2.24, 2.45) is 17.8 Å². The normalized spacial score (nSPS) is 24.5. The first-order valence-corrected chi connectivity index (χ1v) is 7.62. The van der Waals surface area contributed by atoms with Gasteiger partial charge in [-0.05, 0) is 40.0 Å². The highest BCUT2D eigenvalue weighted by Gasteiger charge is 2.60. The fourth-order valence-corrected chi connectivity index (χ4v) is 2.70. The Labute approximate surface area is 135 Å². The van der Waals surface area contributed by atoms with Crippen molar-refractivity contribution < 1.29 is 34.1 Å². The first kappa shape index (κ1) is 19.2. The highest BCUT2D eigenvalue weighted by Crippen LogP contribution is 2.51. The molecule has 0 radical (unpaired) electrons. The minimum atomic E-state index is -1.27. The molecule has 1 amide bonds. The van der Waals surface area contributed by atoms with E-state index in [1.165, 1.54) is 0 Å². The van der Waals surface area contributed by atoms with Crippen molar-refractivity contribution >= 4 is 18.0 Å². The molecule has 8 heteroatoms. The van der Waals surface area contributed by atoms with E-state index in [2.05, 4.69) is 5.32 Å². The van der Waals surface area contributed by atoms with Crippen LogP contribution >= 0.6 is 0 Å². The summed E-state index contributed by atoms with van der Waals surface area (Å²) in [6.07, 6.45) is -0.587. The fraction of sp³-hybridized carbons (Fsp3) is 0.800. The zero-order chi connectivity index (χ0) is 17.8. The summed E-state index contributed by atoms with van der Waals surface area (Å²) in [5.41, 5.74) is -0.762. The van der Waals surface area contributed by atoms with E-state index in [4.69, 9.17) is 14.6 Å². The van der Waals surface area contributed by atoms with Gasteiger partial charge in [-0.2, -0.15) is 0 Å². The van der Waals surface area contributed by atoms with Gasteiger partial charge < -0.3 is 25.0 Å². The van der Waals surface area contributed by atoms with Crippen LogP contribution in [0.4, 0.5) is 4.79 Å². The lowest BCUT2D eigenvalue weighted by Crippen LogP contribution is -2.45. The number of alkyl carbamates (subject to hydrolysis) is 1. The van der Waals surface area contributed by atoms with Crippen molar-refractivity contribution in [3.63, 3.8) is 0 Å². The number of carboxylic acids is 1. The van der Waals surface area contributed by atoms with Gasteiger partial charge in [-0.25, -0.2) is 9.59 Å². The molecular formula is C15H25NO7. The maximum atomic E-state index is 11.9. The van der Waals surface area contributed by atoms with E-state index >= 15 is 0 Å². The zero-order valence-electron chi connectivity index (χ0n) is 13.9. The smallest absolute Gasteiger partial charge is 0.408 e. The molecule has 0 aromatic carbocycles. The van der Waals surface area contributed by atoms with Crippen molar-refractivity contribution in [2.75, 3.05) is 13.2 Å². The van der Waals surface area contributed by atoms with Gasteiger partial charge in [-0.3, -0.25) is 4.79 Å². The van der Waals surface area contributed by atoms with Crippen molar-refractivity contribution in [3.8, 4) is 0 Å². The maximum Gasteiger partial charge on any atom is 0.408 e. The van der Waals surface area contributed by atoms with Crippen molar-refractivity contribution in [1.29, 1.82) is 0 Å². The average Bonchev–Trinajstić information content (AvgIpc) is 3.08. The molecule has 0 bridgehead atoms. The number of aliphatic hydroxyl groups excluding tert-OH is 1. The molecule has 0 aliphatic heterocycles. The molecule has 1 aliphatic carbocycles. The summed E-state index contributed by atoms with van der Waals surface area (Å²) in [6.45, 7) is 6.66. The number of hydrogen-bond donors (Lipinski definition) is 3. The highest BCUT2D eigenvalue weighted by molar-refractivity contribution is 5.84. The minimum absolute atomic E-state index is 0.171. The van der Waals surface area contributed by atoms with Crippen molar-refractivity contribution in [2.45, 2.75) is 45.8 Å². The Hall–Kier alpha value is -1.83. The SMILES string of the molecule is CCOC(=O)C1C(CCO)C1C(NC(=O)OC(C)(C)C)C(=O)O. The number of hydrogen-bond acceptors (Lipinski definition) is 6. The van der Waals surface area contributed by atoms with Crippen LogP contribution in [0.5, 0.6) is 0 Å². The molecule has 0 spiro atoms. The lowest BCUT2D eigenvalue weighted by atomic mass is 10.1. The van der Waals surface area contributed by atoms with Crippen LogP contribution in [0.25, 0.3) is 0 Å². The number of nitrogens with one attached hydrogen (secondary N) is 1. The number of carbonyl (C=O) groups excluding carboxylic acids is 2. The van der Waals surface area contributed by atoms with Gasteiger partial charge >= 0.3 is 18.0 Å². The fourth-order valence-electron chi connectivity index (χ4n) is 2.70. The summed E-state index contributed by atoms with van der Waals surface area (Å²) in [6, 6.07) is -1.27. The molecule has 1 aliphatic rings. The number of ether oxygens (including phenoxy) is 2. The number of carbonyl (C=O) groups is 3. The lowest BCUT2D eigenvalue weighted by Gasteiger charge is -2.22. The molecule has 132 valence electrons. The molecule has 23 heavy (non-hydrogen) atoms. The van der Waals surface area contributed by atoms with Crippen LogP contribution in [-0.4, -0.2) is 53.1 Å². The molecular weight excluding hydrogens is 306 g/mol. The van der Waals surface area contributed by atoms with E-state index in [0.29, 0.717) is 0 Å². The second kappa shape index (κ2) is 7.63. The monoisotopic (exact) mass is 331 g/mol. The van der Waals surface area contributed by atoms with Gasteiger partial charge in [0.1, 0.15) is 11.6 Å². The van der Waals surface area contributed by atoms with Crippen LogP contribution in [0.1, 0.15) is 34.1 Å². The second-order valence-electron chi connectivity index (χ2n) is 6.49. The molecule has 1 rings (SSSR count). The summed E-state index contributed by atoms with van der Waals surface area (Å²) in [7, 11) is 0. The number of aliphatic hydroxyl groups is 1. The minimum Gasteiger partial charge on any atom is -0.480 e. The molecule has 0 saturated heterocycles. The number of esters is 1. The highest BCUT2D eigenvalue weighted by atomic mass is 16.6. The van der Waals surface area contributed by atoms with Gasteiger partial charge in [0.15, 0.2) is 0 Å². The predicted molar refractivity (Wildman–Crippen MR) is 79.6 cm³/mol. The Balaban J connectivity index is 2.81. The first-order valence-electron chi connectivity index (χ1n) is 7.62. The van der Waals surface area contributed by atoms with Crippen molar-refractivity contribution in [3.05, 3.63) is 0 Å². The predicted octanol–water partition coefficient (Wildman–Crippen LogP) is 0.772. The van der Waals surface area contributed by atoms with Gasteiger partial charge in [0, 0.05) is 12.5 Å². The van der Waals surface area contributed by atoms with Crippen LogP contribution in [0.2, 0.25) is 0 Å². The van der Waals surface area contributed by atoms with E-state index < -0.39 is 41.5 Å². The topological polar surface area (TPSA) is 122 Å². The van der Waals surface area contributed by atoms with Crippen LogP contribution in [0.3, 0.4) is 0 Å².